The summed E-state index contributed by atoms with van der Waals surface area (Å²) in [6, 6.07) is 8.89. The molecule has 4 atom stereocenters. The zero-order valence-corrected chi connectivity index (χ0v) is 15.5. The minimum Gasteiger partial charge on any atom is -0.387 e. The number of fused-ring (bicyclic) bond motifs is 1. The van der Waals surface area contributed by atoms with Crippen LogP contribution in [0.3, 0.4) is 0 Å². The van der Waals surface area contributed by atoms with E-state index in [1.165, 1.54) is 6.33 Å². The zero-order chi connectivity index (χ0) is 22.0. The third-order valence-electron chi connectivity index (χ3n) is 4.53. The van der Waals surface area contributed by atoms with Crippen LogP contribution in [-0.4, -0.2) is 76.2 Å². The lowest BCUT2D eigenvalue weighted by atomic mass is 10.0. The summed E-state index contributed by atoms with van der Waals surface area (Å²) in [5.41, 5.74) is 5.52. The zero-order valence-electron chi connectivity index (χ0n) is 15.5. The topological polar surface area (TPSA) is 211 Å². The van der Waals surface area contributed by atoms with Crippen molar-refractivity contribution >= 4 is 23.0 Å². The van der Waals surface area contributed by atoms with Gasteiger partial charge in [0.1, 0.15) is 23.5 Å². The molecule has 8 N–H and O–H groups in total. The molecule has 0 aliphatic heterocycles. The summed E-state index contributed by atoms with van der Waals surface area (Å²) in [5, 5.41) is 47.9. The number of H-pyrrole nitrogens is 1. The van der Waals surface area contributed by atoms with Crippen molar-refractivity contribution in [3.05, 3.63) is 53.5 Å². The van der Waals surface area contributed by atoms with Gasteiger partial charge in [-0.05, 0) is 5.56 Å². The monoisotopic (exact) mass is 416 g/mol. The third kappa shape index (κ3) is 3.97. The average Bonchev–Trinajstić information content (AvgIpc) is 3.22. The lowest BCUT2D eigenvalue weighted by Gasteiger charge is -2.25. The normalized spacial score (nSPS) is 15.5. The van der Waals surface area contributed by atoms with Gasteiger partial charge in [-0.25, -0.2) is 14.5 Å². The van der Waals surface area contributed by atoms with Crippen LogP contribution in [0.5, 0.6) is 0 Å². The number of benzene rings is 1. The first-order valence-electron chi connectivity index (χ1n) is 8.81. The largest absolute Gasteiger partial charge is 0.387 e. The molecule has 0 aliphatic rings. The Morgan fingerprint density at radius 1 is 1.10 bits per heavy atom. The van der Waals surface area contributed by atoms with Crippen molar-refractivity contribution in [2.75, 3.05) is 0 Å². The van der Waals surface area contributed by atoms with Gasteiger partial charge in [0, 0.05) is 6.42 Å². The minimum absolute atomic E-state index is 0.0258. The lowest BCUT2D eigenvalue weighted by molar-refractivity contribution is -0.141. The molecule has 0 saturated carbocycles. The van der Waals surface area contributed by atoms with E-state index in [1.54, 1.807) is 30.3 Å². The second-order valence-corrected chi connectivity index (χ2v) is 6.59. The lowest BCUT2D eigenvalue weighted by Crippen LogP contribution is -2.52. The standard InChI is InChI=1S/C18H20N6O6/c19-15-10-17(22-7-21-10)24(9(23-15)6-8-4-2-1-3-5-8)18(30)14(28)12(26)11(25)13(27)16(20)29/h1-5,7,11-14,19,25-28H,6H2,(H2,20,29)(H,21,22)/t11-,12-,13-,14+/m0/s1. The number of nitrogens with one attached hydrogen (secondary N) is 2. The minimum atomic E-state index is -2.26. The molecule has 1 amide bonds. The molecule has 3 rings (SSSR count). The van der Waals surface area contributed by atoms with E-state index in [4.69, 9.17) is 11.1 Å². The number of nitrogens with two attached hydrogens (primary N) is 1. The molecule has 0 fully saturated rings. The number of aliphatic hydroxyl groups is 4. The molecular formula is C18H20N6O6. The van der Waals surface area contributed by atoms with Crippen molar-refractivity contribution in [1.82, 2.24) is 19.5 Å². The molecule has 0 unspecified atom stereocenters. The van der Waals surface area contributed by atoms with E-state index in [9.17, 15) is 30.0 Å². The average molecular weight is 416 g/mol. The number of aromatic amines is 1. The quantitative estimate of drug-likeness (QED) is 0.216. The molecule has 3 aromatic rings. The highest BCUT2D eigenvalue weighted by Crippen LogP contribution is 2.15. The molecule has 0 saturated heterocycles. The van der Waals surface area contributed by atoms with Gasteiger partial charge < -0.3 is 31.1 Å². The SMILES string of the molecule is N=c1nc(Cc2ccccc2)n(C(=O)[C@H](O)[C@@H](O)[C@H](O)[C@H](O)C(N)=O)c2nc[nH]c12. The molecule has 0 aliphatic carbocycles. The number of nitrogens with zero attached hydrogens (tertiary/aromatic N) is 3. The Balaban J connectivity index is 2.05. The number of amides is 1. The van der Waals surface area contributed by atoms with E-state index in [1.807, 2.05) is 0 Å². The number of rotatable bonds is 7. The molecule has 0 radical (unpaired) electrons. The van der Waals surface area contributed by atoms with Gasteiger partial charge in [-0.1, -0.05) is 30.3 Å². The second kappa shape index (κ2) is 8.51. The number of carbonyl (C=O) groups is 2. The van der Waals surface area contributed by atoms with Gasteiger partial charge >= 0.3 is 0 Å². The maximum absolute atomic E-state index is 13.0. The Morgan fingerprint density at radius 2 is 1.73 bits per heavy atom. The summed E-state index contributed by atoms with van der Waals surface area (Å²) in [5.74, 6) is -2.42. The van der Waals surface area contributed by atoms with Crippen LogP contribution in [0.2, 0.25) is 0 Å². The predicted octanol–water partition coefficient (Wildman–Crippen LogP) is -2.60. The summed E-state index contributed by atoms with van der Waals surface area (Å²) in [7, 11) is 0. The van der Waals surface area contributed by atoms with Crippen molar-refractivity contribution in [1.29, 1.82) is 5.41 Å². The Bertz CT molecular complexity index is 1130. The van der Waals surface area contributed by atoms with Gasteiger partial charge in [-0.15, -0.1) is 0 Å². The van der Waals surface area contributed by atoms with Crippen LogP contribution < -0.4 is 11.2 Å². The maximum atomic E-state index is 13.0. The van der Waals surface area contributed by atoms with Crippen LogP contribution in [-0.2, 0) is 11.2 Å². The van der Waals surface area contributed by atoms with E-state index < -0.39 is 36.2 Å². The van der Waals surface area contributed by atoms with Gasteiger partial charge in [0.15, 0.2) is 23.3 Å². The van der Waals surface area contributed by atoms with Crippen molar-refractivity contribution in [3.8, 4) is 0 Å². The van der Waals surface area contributed by atoms with E-state index in [2.05, 4.69) is 15.0 Å². The van der Waals surface area contributed by atoms with Gasteiger partial charge in [-0.2, -0.15) is 0 Å². The van der Waals surface area contributed by atoms with Crippen molar-refractivity contribution in [2.24, 2.45) is 5.73 Å². The fraction of sp³-hybridized carbons (Fsp3) is 0.278. The predicted molar refractivity (Wildman–Crippen MR) is 101 cm³/mol. The van der Waals surface area contributed by atoms with Gasteiger partial charge in [0.05, 0.1) is 6.33 Å². The number of imidazole rings is 1. The fourth-order valence-corrected chi connectivity index (χ4v) is 2.94. The van der Waals surface area contributed by atoms with Crippen LogP contribution in [0.25, 0.3) is 11.2 Å². The highest BCUT2D eigenvalue weighted by molar-refractivity contribution is 5.91. The second-order valence-electron chi connectivity index (χ2n) is 6.59. The van der Waals surface area contributed by atoms with Crippen molar-refractivity contribution in [2.45, 2.75) is 30.8 Å². The van der Waals surface area contributed by atoms with E-state index in [0.717, 1.165) is 10.1 Å². The molecule has 2 aromatic heterocycles. The molecule has 30 heavy (non-hydrogen) atoms. The molecule has 1 aromatic carbocycles. The van der Waals surface area contributed by atoms with Gasteiger partial charge in [0.25, 0.3) is 5.91 Å². The Kier molecular flexibility index (Phi) is 6.03. The Morgan fingerprint density at radius 3 is 2.37 bits per heavy atom. The molecule has 158 valence electrons. The smallest absolute Gasteiger partial charge is 0.265 e. The fourth-order valence-electron chi connectivity index (χ4n) is 2.94. The first-order chi connectivity index (χ1) is 14.2. The molecule has 0 bridgehead atoms. The van der Waals surface area contributed by atoms with Crippen molar-refractivity contribution < 1.29 is 30.0 Å². The maximum Gasteiger partial charge on any atom is 0.265 e. The third-order valence-corrected chi connectivity index (χ3v) is 4.53. The summed E-state index contributed by atoms with van der Waals surface area (Å²) >= 11 is 0. The molecular weight excluding hydrogens is 396 g/mol. The van der Waals surface area contributed by atoms with Crippen LogP contribution in [0.15, 0.2) is 36.7 Å². The number of primary amides is 1. The summed E-state index contributed by atoms with van der Waals surface area (Å²) in [6.07, 6.45) is -7.58. The van der Waals surface area contributed by atoms with Gasteiger partial charge in [0.2, 0.25) is 5.91 Å². The Labute approximate surface area is 168 Å². The van der Waals surface area contributed by atoms with Crippen LogP contribution >= 0.6 is 0 Å². The molecule has 12 heteroatoms. The Hall–Kier alpha value is -3.45. The first-order valence-corrected chi connectivity index (χ1v) is 8.81. The summed E-state index contributed by atoms with van der Waals surface area (Å²) < 4.78 is 0.911. The van der Waals surface area contributed by atoms with Crippen molar-refractivity contribution in [3.63, 3.8) is 0 Å². The van der Waals surface area contributed by atoms with Crippen LogP contribution in [0, 0.1) is 5.41 Å². The highest BCUT2D eigenvalue weighted by atomic mass is 16.4. The molecule has 2 heterocycles. The van der Waals surface area contributed by atoms with Crippen LogP contribution in [0.4, 0.5) is 0 Å². The van der Waals surface area contributed by atoms with E-state index in [-0.39, 0.29) is 28.9 Å². The van der Waals surface area contributed by atoms with Gasteiger partial charge in [-0.3, -0.25) is 15.0 Å². The summed E-state index contributed by atoms with van der Waals surface area (Å²) in [6.45, 7) is 0. The number of hydrogen-bond donors (Lipinski definition) is 7. The first kappa shape index (κ1) is 21.3. The van der Waals surface area contributed by atoms with Crippen LogP contribution in [0.1, 0.15) is 16.2 Å². The van der Waals surface area contributed by atoms with E-state index in [0.29, 0.717) is 0 Å². The summed E-state index contributed by atoms with van der Waals surface area (Å²) in [4.78, 5) is 34.8. The number of hydrogen-bond acceptors (Lipinski definition) is 9. The molecule has 12 nitrogen and oxygen atoms in total. The highest BCUT2D eigenvalue weighted by Gasteiger charge is 2.38. The van der Waals surface area contributed by atoms with E-state index >= 15 is 0 Å². The number of aliphatic hydroxyl groups excluding tert-OH is 4. The molecule has 0 spiro atoms. The number of carbonyl (C=O) groups excluding carboxylic acids is 2. The number of aromatic nitrogens is 4.